The molecule has 1 aromatic carbocycles. The Morgan fingerprint density at radius 2 is 2.29 bits per heavy atom. The van der Waals surface area contributed by atoms with Gasteiger partial charge in [-0.25, -0.2) is 4.39 Å². The summed E-state index contributed by atoms with van der Waals surface area (Å²) in [6.07, 6.45) is 2.11. The highest BCUT2D eigenvalue weighted by Gasteiger charge is 2.27. The number of halogens is 2. The summed E-state index contributed by atoms with van der Waals surface area (Å²) in [5.74, 6) is 0.0801. The van der Waals surface area contributed by atoms with Crippen LogP contribution in [0.5, 0.6) is 0 Å². The molecule has 94 valence electrons. The van der Waals surface area contributed by atoms with Crippen LogP contribution in [-0.4, -0.2) is 20.2 Å². The van der Waals surface area contributed by atoms with Crippen molar-refractivity contribution in [1.82, 2.24) is 5.32 Å². The van der Waals surface area contributed by atoms with Crippen molar-refractivity contribution < 1.29 is 9.13 Å². The van der Waals surface area contributed by atoms with Gasteiger partial charge in [-0.05, 0) is 43.7 Å². The summed E-state index contributed by atoms with van der Waals surface area (Å²) in [6.45, 7) is 1.61. The molecule has 0 radical (unpaired) electrons. The smallest absolute Gasteiger partial charge is 0.125 e. The molecule has 0 amide bonds. The topological polar surface area (TPSA) is 21.3 Å². The zero-order valence-electron chi connectivity index (χ0n) is 9.88. The van der Waals surface area contributed by atoms with E-state index < -0.39 is 0 Å². The Morgan fingerprint density at radius 3 is 3.00 bits per heavy atom. The van der Waals surface area contributed by atoms with Gasteiger partial charge in [0.25, 0.3) is 0 Å². The maximum absolute atomic E-state index is 13.3. The average Bonchev–Trinajstić information content (AvgIpc) is 2.29. The van der Waals surface area contributed by atoms with E-state index >= 15 is 0 Å². The van der Waals surface area contributed by atoms with E-state index in [4.69, 9.17) is 16.3 Å². The first kappa shape index (κ1) is 12.8. The molecule has 0 bridgehead atoms. The fourth-order valence-electron chi connectivity index (χ4n) is 2.42. The highest BCUT2D eigenvalue weighted by molar-refractivity contribution is 6.30. The Kier molecular flexibility index (Phi) is 4.37. The van der Waals surface area contributed by atoms with Crippen LogP contribution in [-0.2, 0) is 4.74 Å². The Hall–Kier alpha value is -0.640. The summed E-state index contributed by atoms with van der Waals surface area (Å²) in [4.78, 5) is 0. The molecule has 1 saturated heterocycles. The van der Waals surface area contributed by atoms with Crippen LogP contribution >= 0.6 is 11.6 Å². The number of hydrogen-bond donors (Lipinski definition) is 1. The summed E-state index contributed by atoms with van der Waals surface area (Å²) in [6, 6.07) is 4.63. The maximum Gasteiger partial charge on any atom is 0.125 e. The summed E-state index contributed by atoms with van der Waals surface area (Å²) >= 11 is 5.88. The SMILES string of the molecule is CNCC1CCCOC1c1cc(F)cc(Cl)c1. The van der Waals surface area contributed by atoms with Gasteiger partial charge in [-0.2, -0.15) is 0 Å². The van der Waals surface area contributed by atoms with Crippen LogP contribution in [0.25, 0.3) is 0 Å². The highest BCUT2D eigenvalue weighted by atomic mass is 35.5. The van der Waals surface area contributed by atoms with Crippen LogP contribution < -0.4 is 5.32 Å². The van der Waals surface area contributed by atoms with E-state index in [-0.39, 0.29) is 11.9 Å². The van der Waals surface area contributed by atoms with Gasteiger partial charge in [0.05, 0.1) is 6.10 Å². The van der Waals surface area contributed by atoms with Gasteiger partial charge in [-0.1, -0.05) is 11.6 Å². The Balaban J connectivity index is 2.22. The van der Waals surface area contributed by atoms with Gasteiger partial charge in [0.2, 0.25) is 0 Å². The highest BCUT2D eigenvalue weighted by Crippen LogP contribution is 2.34. The van der Waals surface area contributed by atoms with Gasteiger partial charge in [0, 0.05) is 24.1 Å². The summed E-state index contributed by atoms with van der Waals surface area (Å²) < 4.78 is 19.1. The van der Waals surface area contributed by atoms with Gasteiger partial charge in [-0.3, -0.25) is 0 Å². The molecule has 0 aromatic heterocycles. The van der Waals surface area contributed by atoms with Crippen molar-refractivity contribution in [2.75, 3.05) is 20.2 Å². The lowest BCUT2D eigenvalue weighted by Gasteiger charge is -2.32. The molecule has 0 aliphatic carbocycles. The molecule has 2 nitrogen and oxygen atoms in total. The van der Waals surface area contributed by atoms with E-state index in [1.165, 1.54) is 12.1 Å². The zero-order valence-corrected chi connectivity index (χ0v) is 10.6. The summed E-state index contributed by atoms with van der Waals surface area (Å²) in [5.41, 5.74) is 0.843. The number of benzene rings is 1. The molecular weight excluding hydrogens is 241 g/mol. The van der Waals surface area contributed by atoms with Crippen molar-refractivity contribution in [3.05, 3.63) is 34.6 Å². The Bertz CT molecular complexity index is 363. The first-order valence-electron chi connectivity index (χ1n) is 5.93. The average molecular weight is 258 g/mol. The molecule has 2 atom stereocenters. The van der Waals surface area contributed by atoms with Crippen molar-refractivity contribution in [2.24, 2.45) is 5.92 Å². The lowest BCUT2D eigenvalue weighted by molar-refractivity contribution is -0.0273. The lowest BCUT2D eigenvalue weighted by atomic mass is 9.89. The molecule has 2 unspecified atom stereocenters. The number of hydrogen-bond acceptors (Lipinski definition) is 2. The second kappa shape index (κ2) is 5.80. The van der Waals surface area contributed by atoms with Gasteiger partial charge in [0.1, 0.15) is 5.82 Å². The largest absolute Gasteiger partial charge is 0.373 e. The van der Waals surface area contributed by atoms with E-state index in [0.29, 0.717) is 10.9 Å². The van der Waals surface area contributed by atoms with Gasteiger partial charge >= 0.3 is 0 Å². The van der Waals surface area contributed by atoms with E-state index in [0.717, 1.165) is 31.6 Å². The molecule has 17 heavy (non-hydrogen) atoms. The third-order valence-corrected chi connectivity index (χ3v) is 3.34. The monoisotopic (exact) mass is 257 g/mol. The molecule has 1 aliphatic heterocycles. The molecule has 1 aromatic rings. The van der Waals surface area contributed by atoms with Crippen molar-refractivity contribution in [1.29, 1.82) is 0 Å². The first-order chi connectivity index (χ1) is 8.20. The van der Waals surface area contributed by atoms with E-state index in [1.807, 2.05) is 7.05 Å². The predicted octanol–water partition coefficient (Wildman–Crippen LogP) is 3.17. The molecule has 1 N–H and O–H groups in total. The van der Waals surface area contributed by atoms with Crippen LogP contribution in [0.2, 0.25) is 5.02 Å². The molecular formula is C13H17ClFNO. The minimum atomic E-state index is -0.301. The van der Waals surface area contributed by atoms with Gasteiger partial charge in [0.15, 0.2) is 0 Å². The Morgan fingerprint density at radius 1 is 1.47 bits per heavy atom. The molecule has 0 saturated carbocycles. The van der Waals surface area contributed by atoms with Crippen molar-refractivity contribution in [2.45, 2.75) is 18.9 Å². The van der Waals surface area contributed by atoms with Crippen LogP contribution in [0.1, 0.15) is 24.5 Å². The first-order valence-corrected chi connectivity index (χ1v) is 6.30. The number of rotatable bonds is 3. The molecule has 4 heteroatoms. The second-order valence-electron chi connectivity index (χ2n) is 4.45. The van der Waals surface area contributed by atoms with Crippen molar-refractivity contribution in [3.8, 4) is 0 Å². The summed E-state index contributed by atoms with van der Waals surface area (Å²) in [5, 5.41) is 3.59. The Labute approximate surface area is 106 Å². The zero-order chi connectivity index (χ0) is 12.3. The number of ether oxygens (including phenoxy) is 1. The molecule has 1 heterocycles. The van der Waals surface area contributed by atoms with Crippen LogP contribution in [0, 0.1) is 11.7 Å². The minimum Gasteiger partial charge on any atom is -0.373 e. The predicted molar refractivity (Wildman–Crippen MR) is 66.8 cm³/mol. The lowest BCUT2D eigenvalue weighted by Crippen LogP contribution is -2.30. The van der Waals surface area contributed by atoms with Crippen LogP contribution in [0.4, 0.5) is 4.39 Å². The minimum absolute atomic E-state index is 0.0515. The van der Waals surface area contributed by atoms with Crippen molar-refractivity contribution >= 4 is 11.6 Å². The van der Waals surface area contributed by atoms with E-state index in [9.17, 15) is 4.39 Å². The quantitative estimate of drug-likeness (QED) is 0.898. The molecule has 1 aliphatic rings. The van der Waals surface area contributed by atoms with Crippen LogP contribution in [0.3, 0.4) is 0 Å². The van der Waals surface area contributed by atoms with Gasteiger partial charge < -0.3 is 10.1 Å². The second-order valence-corrected chi connectivity index (χ2v) is 4.89. The summed E-state index contributed by atoms with van der Waals surface area (Å²) in [7, 11) is 1.92. The maximum atomic E-state index is 13.3. The fraction of sp³-hybridized carbons (Fsp3) is 0.538. The van der Waals surface area contributed by atoms with Crippen LogP contribution in [0.15, 0.2) is 18.2 Å². The fourth-order valence-corrected chi connectivity index (χ4v) is 2.65. The molecule has 2 rings (SSSR count). The standard InChI is InChI=1S/C13H17ClFNO/c1-16-8-9-3-2-4-17-13(9)10-5-11(14)7-12(15)6-10/h5-7,9,13,16H,2-4,8H2,1H3. The molecule has 0 spiro atoms. The van der Waals surface area contributed by atoms with E-state index in [1.54, 1.807) is 6.07 Å². The van der Waals surface area contributed by atoms with Crippen molar-refractivity contribution in [3.63, 3.8) is 0 Å². The normalized spacial score (nSPS) is 24.9. The van der Waals surface area contributed by atoms with E-state index in [2.05, 4.69) is 5.32 Å². The van der Waals surface area contributed by atoms with Gasteiger partial charge in [-0.15, -0.1) is 0 Å². The third-order valence-electron chi connectivity index (χ3n) is 3.12. The molecule has 1 fully saturated rings. The third kappa shape index (κ3) is 3.18. The number of nitrogens with one attached hydrogen (secondary N) is 1.